The van der Waals surface area contributed by atoms with E-state index < -0.39 is 0 Å². The van der Waals surface area contributed by atoms with Gasteiger partial charge < -0.3 is 5.32 Å². The Labute approximate surface area is 158 Å². The van der Waals surface area contributed by atoms with Crippen molar-refractivity contribution in [2.45, 2.75) is 33.7 Å². The van der Waals surface area contributed by atoms with Gasteiger partial charge in [-0.2, -0.15) is 5.10 Å². The van der Waals surface area contributed by atoms with Gasteiger partial charge in [0, 0.05) is 22.8 Å². The van der Waals surface area contributed by atoms with E-state index >= 15 is 0 Å². The van der Waals surface area contributed by atoms with Gasteiger partial charge >= 0.3 is 0 Å². The molecule has 0 bridgehead atoms. The topological polar surface area (TPSA) is 46.9 Å². The Morgan fingerprint density at radius 1 is 1.08 bits per heavy atom. The van der Waals surface area contributed by atoms with Crippen LogP contribution in [0, 0.1) is 20.8 Å². The number of aromatic nitrogens is 2. The van der Waals surface area contributed by atoms with Crippen LogP contribution < -0.4 is 5.32 Å². The van der Waals surface area contributed by atoms with E-state index in [4.69, 9.17) is 11.6 Å². The zero-order chi connectivity index (χ0) is 18.7. The van der Waals surface area contributed by atoms with Crippen molar-refractivity contribution in [2.24, 2.45) is 0 Å². The standard InChI is InChI=1S/C21H22ClN3O/c1-14-17(8-7-11-20(14)22)13-23-21(26)12-19-15(2)24-25(16(19)3)18-9-5-4-6-10-18/h4-11H,12-13H2,1-3H3,(H,23,26). The maximum atomic E-state index is 12.5. The maximum Gasteiger partial charge on any atom is 0.224 e. The van der Waals surface area contributed by atoms with Crippen LogP contribution >= 0.6 is 11.6 Å². The predicted octanol–water partition coefficient (Wildman–Crippen LogP) is 4.31. The van der Waals surface area contributed by atoms with Crippen LogP contribution in [0.3, 0.4) is 0 Å². The number of halogens is 1. The molecule has 2 aromatic carbocycles. The molecular weight excluding hydrogens is 346 g/mol. The van der Waals surface area contributed by atoms with E-state index in [1.807, 2.05) is 74.0 Å². The highest BCUT2D eigenvalue weighted by Crippen LogP contribution is 2.20. The van der Waals surface area contributed by atoms with Crippen LogP contribution in [0.1, 0.15) is 28.1 Å². The minimum Gasteiger partial charge on any atom is -0.352 e. The summed E-state index contributed by atoms with van der Waals surface area (Å²) in [4.78, 5) is 12.5. The Hall–Kier alpha value is -2.59. The number of rotatable bonds is 5. The van der Waals surface area contributed by atoms with Crippen LogP contribution in [0.15, 0.2) is 48.5 Å². The molecule has 26 heavy (non-hydrogen) atoms. The van der Waals surface area contributed by atoms with Gasteiger partial charge in [-0.3, -0.25) is 4.79 Å². The second kappa shape index (κ2) is 7.75. The smallest absolute Gasteiger partial charge is 0.224 e. The third-order valence-corrected chi connectivity index (χ3v) is 5.04. The first kappa shape index (κ1) is 18.2. The van der Waals surface area contributed by atoms with Gasteiger partial charge in [0.25, 0.3) is 0 Å². The van der Waals surface area contributed by atoms with E-state index in [0.717, 1.165) is 33.8 Å². The first-order valence-corrected chi connectivity index (χ1v) is 8.96. The molecule has 1 N–H and O–H groups in total. The second-order valence-electron chi connectivity index (χ2n) is 6.37. The minimum absolute atomic E-state index is 0.0248. The molecule has 5 heteroatoms. The molecule has 4 nitrogen and oxygen atoms in total. The number of amides is 1. The van der Waals surface area contributed by atoms with Crippen LogP contribution in [-0.4, -0.2) is 15.7 Å². The van der Waals surface area contributed by atoms with Gasteiger partial charge in [-0.05, 0) is 50.1 Å². The van der Waals surface area contributed by atoms with Gasteiger partial charge in [0.15, 0.2) is 0 Å². The summed E-state index contributed by atoms with van der Waals surface area (Å²) in [6.07, 6.45) is 0.310. The summed E-state index contributed by atoms with van der Waals surface area (Å²) >= 11 is 6.14. The molecule has 1 heterocycles. The molecular formula is C21H22ClN3O. The summed E-state index contributed by atoms with van der Waals surface area (Å²) in [5, 5.41) is 8.30. The number of hydrogen-bond donors (Lipinski definition) is 1. The van der Waals surface area contributed by atoms with Gasteiger partial charge in [-0.25, -0.2) is 4.68 Å². The highest BCUT2D eigenvalue weighted by Gasteiger charge is 2.16. The summed E-state index contributed by atoms with van der Waals surface area (Å²) in [6, 6.07) is 15.7. The lowest BCUT2D eigenvalue weighted by molar-refractivity contribution is -0.120. The summed E-state index contributed by atoms with van der Waals surface area (Å²) in [5.74, 6) is -0.0248. The number of hydrogen-bond acceptors (Lipinski definition) is 2. The molecule has 0 atom stereocenters. The minimum atomic E-state index is -0.0248. The number of para-hydroxylation sites is 1. The van der Waals surface area contributed by atoms with Crippen molar-refractivity contribution in [3.05, 3.63) is 81.6 Å². The van der Waals surface area contributed by atoms with Crippen molar-refractivity contribution in [3.63, 3.8) is 0 Å². The molecule has 0 spiro atoms. The van der Waals surface area contributed by atoms with Crippen LogP contribution in [0.2, 0.25) is 5.02 Å². The number of benzene rings is 2. The molecule has 0 unspecified atom stereocenters. The van der Waals surface area contributed by atoms with Crippen molar-refractivity contribution in [3.8, 4) is 5.69 Å². The van der Waals surface area contributed by atoms with E-state index in [2.05, 4.69) is 10.4 Å². The average Bonchev–Trinajstić information content (AvgIpc) is 2.92. The van der Waals surface area contributed by atoms with E-state index in [0.29, 0.717) is 18.0 Å². The quantitative estimate of drug-likeness (QED) is 0.730. The lowest BCUT2D eigenvalue weighted by Gasteiger charge is -2.10. The molecule has 0 aliphatic heterocycles. The van der Waals surface area contributed by atoms with E-state index in [1.54, 1.807) is 0 Å². The third-order valence-electron chi connectivity index (χ3n) is 4.64. The first-order valence-electron chi connectivity index (χ1n) is 8.58. The SMILES string of the molecule is Cc1nn(-c2ccccc2)c(C)c1CC(=O)NCc1cccc(Cl)c1C. The van der Waals surface area contributed by atoms with Crippen molar-refractivity contribution in [1.82, 2.24) is 15.1 Å². The van der Waals surface area contributed by atoms with Crippen molar-refractivity contribution >= 4 is 17.5 Å². The van der Waals surface area contributed by atoms with Crippen molar-refractivity contribution in [1.29, 1.82) is 0 Å². The third kappa shape index (κ3) is 3.81. The molecule has 0 aliphatic carbocycles. The first-order chi connectivity index (χ1) is 12.5. The zero-order valence-electron chi connectivity index (χ0n) is 15.2. The Morgan fingerprint density at radius 3 is 2.54 bits per heavy atom. The lowest BCUT2D eigenvalue weighted by Crippen LogP contribution is -2.25. The molecule has 3 aromatic rings. The number of carbonyl (C=O) groups excluding carboxylic acids is 1. The van der Waals surface area contributed by atoms with E-state index in [-0.39, 0.29) is 5.91 Å². The summed E-state index contributed by atoms with van der Waals surface area (Å²) < 4.78 is 1.89. The predicted molar refractivity (Wildman–Crippen MR) is 105 cm³/mol. The molecule has 0 fully saturated rings. The Kier molecular flexibility index (Phi) is 5.43. The number of aryl methyl sites for hydroxylation is 1. The Bertz CT molecular complexity index is 932. The van der Waals surface area contributed by atoms with Gasteiger partial charge in [0.1, 0.15) is 0 Å². The molecule has 0 aliphatic rings. The number of nitrogens with one attached hydrogen (secondary N) is 1. The fraction of sp³-hybridized carbons (Fsp3) is 0.238. The largest absolute Gasteiger partial charge is 0.352 e. The monoisotopic (exact) mass is 367 g/mol. The fourth-order valence-corrected chi connectivity index (χ4v) is 3.21. The summed E-state index contributed by atoms with van der Waals surface area (Å²) in [7, 11) is 0. The molecule has 0 saturated carbocycles. The molecule has 1 amide bonds. The van der Waals surface area contributed by atoms with Gasteiger partial charge in [0.05, 0.1) is 17.8 Å². The summed E-state index contributed by atoms with van der Waals surface area (Å²) in [5.41, 5.74) is 5.85. The van der Waals surface area contributed by atoms with E-state index in [1.165, 1.54) is 0 Å². The average molecular weight is 368 g/mol. The Morgan fingerprint density at radius 2 is 1.81 bits per heavy atom. The van der Waals surface area contributed by atoms with Gasteiger partial charge in [-0.15, -0.1) is 0 Å². The molecule has 3 rings (SSSR count). The maximum absolute atomic E-state index is 12.5. The lowest BCUT2D eigenvalue weighted by atomic mass is 10.1. The van der Waals surface area contributed by atoms with Crippen molar-refractivity contribution in [2.75, 3.05) is 0 Å². The highest BCUT2D eigenvalue weighted by atomic mass is 35.5. The van der Waals surface area contributed by atoms with Gasteiger partial charge in [0.2, 0.25) is 5.91 Å². The van der Waals surface area contributed by atoms with Crippen molar-refractivity contribution < 1.29 is 4.79 Å². The van der Waals surface area contributed by atoms with Crippen LogP contribution in [-0.2, 0) is 17.8 Å². The zero-order valence-corrected chi connectivity index (χ0v) is 16.0. The molecule has 134 valence electrons. The van der Waals surface area contributed by atoms with Gasteiger partial charge in [-0.1, -0.05) is 41.9 Å². The number of nitrogens with zero attached hydrogens (tertiary/aromatic N) is 2. The molecule has 0 radical (unpaired) electrons. The van der Waals surface area contributed by atoms with E-state index in [9.17, 15) is 4.79 Å². The number of carbonyl (C=O) groups is 1. The second-order valence-corrected chi connectivity index (χ2v) is 6.78. The van der Waals surface area contributed by atoms with Crippen LogP contribution in [0.4, 0.5) is 0 Å². The summed E-state index contributed by atoms with van der Waals surface area (Å²) in [6.45, 7) is 6.37. The Balaban J connectivity index is 1.72. The fourth-order valence-electron chi connectivity index (χ4n) is 3.01. The highest BCUT2D eigenvalue weighted by molar-refractivity contribution is 6.31. The van der Waals surface area contributed by atoms with Crippen LogP contribution in [0.25, 0.3) is 5.69 Å². The normalized spacial score (nSPS) is 10.8. The molecule has 0 saturated heterocycles. The van der Waals surface area contributed by atoms with Crippen LogP contribution in [0.5, 0.6) is 0 Å². The molecule has 1 aromatic heterocycles.